The van der Waals surface area contributed by atoms with Gasteiger partial charge < -0.3 is 5.32 Å². The zero-order chi connectivity index (χ0) is 15.0. The van der Waals surface area contributed by atoms with Gasteiger partial charge in [0.05, 0.1) is 29.3 Å². The van der Waals surface area contributed by atoms with Crippen LogP contribution in [0.4, 0.5) is 18.9 Å². The SMILES string of the molecule is CC(C)(C)Nc1cnn(-c2ccc(C(F)(F)F)cc2)c1. The predicted octanol–water partition coefficient (Wildman–Crippen LogP) is 4.10. The summed E-state index contributed by atoms with van der Waals surface area (Å²) in [7, 11) is 0. The average Bonchev–Trinajstić information content (AvgIpc) is 2.74. The summed E-state index contributed by atoms with van der Waals surface area (Å²) in [6.07, 6.45) is -0.932. The van der Waals surface area contributed by atoms with Gasteiger partial charge in [0.25, 0.3) is 0 Å². The molecule has 2 rings (SSSR count). The molecule has 1 aromatic heterocycles. The molecule has 0 aliphatic rings. The fraction of sp³-hybridized carbons (Fsp3) is 0.357. The highest BCUT2D eigenvalue weighted by Gasteiger charge is 2.30. The molecule has 1 heterocycles. The predicted molar refractivity (Wildman–Crippen MR) is 71.9 cm³/mol. The molecule has 0 saturated carbocycles. The standard InChI is InChI=1S/C14H16F3N3/c1-13(2,3)19-11-8-18-20(9-11)12-6-4-10(5-7-12)14(15,16)17/h4-9,19H,1-3H3. The van der Waals surface area contributed by atoms with Crippen LogP contribution in [0.3, 0.4) is 0 Å². The molecule has 1 N–H and O–H groups in total. The second-order valence-electron chi connectivity index (χ2n) is 5.59. The molecule has 6 heteroatoms. The van der Waals surface area contributed by atoms with Crippen molar-refractivity contribution < 1.29 is 13.2 Å². The first-order chi connectivity index (χ1) is 9.15. The molecule has 1 aromatic carbocycles. The first kappa shape index (κ1) is 14.4. The van der Waals surface area contributed by atoms with Crippen LogP contribution in [0.2, 0.25) is 0 Å². The van der Waals surface area contributed by atoms with Crippen LogP contribution in [0.25, 0.3) is 5.69 Å². The van der Waals surface area contributed by atoms with Crippen molar-refractivity contribution in [2.75, 3.05) is 5.32 Å². The van der Waals surface area contributed by atoms with E-state index in [-0.39, 0.29) is 5.54 Å². The van der Waals surface area contributed by atoms with Gasteiger partial charge in [0.1, 0.15) is 0 Å². The van der Waals surface area contributed by atoms with Crippen LogP contribution >= 0.6 is 0 Å². The maximum atomic E-state index is 12.5. The Morgan fingerprint density at radius 3 is 2.15 bits per heavy atom. The van der Waals surface area contributed by atoms with E-state index in [9.17, 15) is 13.2 Å². The van der Waals surface area contributed by atoms with E-state index in [2.05, 4.69) is 10.4 Å². The number of alkyl halides is 3. The van der Waals surface area contributed by atoms with Crippen molar-refractivity contribution in [3.8, 4) is 5.69 Å². The molecule has 0 unspecified atom stereocenters. The van der Waals surface area contributed by atoms with E-state index in [0.717, 1.165) is 17.8 Å². The van der Waals surface area contributed by atoms with Gasteiger partial charge >= 0.3 is 6.18 Å². The van der Waals surface area contributed by atoms with Gasteiger partial charge in [0.15, 0.2) is 0 Å². The lowest BCUT2D eigenvalue weighted by Gasteiger charge is -2.20. The number of anilines is 1. The Hall–Kier alpha value is -1.98. The van der Waals surface area contributed by atoms with E-state index in [1.165, 1.54) is 16.8 Å². The summed E-state index contributed by atoms with van der Waals surface area (Å²) < 4.78 is 39.0. The van der Waals surface area contributed by atoms with Crippen LogP contribution in [0.15, 0.2) is 36.7 Å². The molecule has 0 amide bonds. The van der Waals surface area contributed by atoms with Crippen molar-refractivity contribution in [2.24, 2.45) is 0 Å². The summed E-state index contributed by atoms with van der Waals surface area (Å²) in [6, 6.07) is 4.90. The summed E-state index contributed by atoms with van der Waals surface area (Å²) in [6.45, 7) is 6.05. The van der Waals surface area contributed by atoms with Gasteiger partial charge in [-0.3, -0.25) is 0 Å². The Kier molecular flexibility index (Phi) is 3.50. The summed E-state index contributed by atoms with van der Waals surface area (Å²) >= 11 is 0. The highest BCUT2D eigenvalue weighted by atomic mass is 19.4. The highest BCUT2D eigenvalue weighted by Crippen LogP contribution is 2.29. The van der Waals surface area contributed by atoms with Crippen molar-refractivity contribution >= 4 is 5.69 Å². The van der Waals surface area contributed by atoms with Crippen LogP contribution in [0.1, 0.15) is 26.3 Å². The van der Waals surface area contributed by atoms with Crippen LogP contribution in [0.5, 0.6) is 0 Å². The van der Waals surface area contributed by atoms with E-state index in [0.29, 0.717) is 5.69 Å². The molecular formula is C14H16F3N3. The number of nitrogens with one attached hydrogen (secondary N) is 1. The van der Waals surface area contributed by atoms with E-state index in [1.54, 1.807) is 12.4 Å². The third-order valence-corrected chi connectivity index (χ3v) is 2.56. The van der Waals surface area contributed by atoms with Gasteiger partial charge in [-0.15, -0.1) is 0 Å². The molecule has 3 nitrogen and oxygen atoms in total. The molecule has 0 atom stereocenters. The quantitative estimate of drug-likeness (QED) is 0.899. The third-order valence-electron chi connectivity index (χ3n) is 2.56. The first-order valence-corrected chi connectivity index (χ1v) is 6.16. The molecule has 0 saturated heterocycles. The van der Waals surface area contributed by atoms with Gasteiger partial charge in [0, 0.05) is 5.54 Å². The maximum Gasteiger partial charge on any atom is 0.416 e. The molecule has 0 aliphatic carbocycles. The van der Waals surface area contributed by atoms with Gasteiger partial charge in [-0.1, -0.05) is 0 Å². The molecule has 0 spiro atoms. The number of rotatable bonds is 2. The molecule has 20 heavy (non-hydrogen) atoms. The molecule has 0 aliphatic heterocycles. The van der Waals surface area contributed by atoms with Crippen LogP contribution in [-0.2, 0) is 6.18 Å². The summed E-state index contributed by atoms with van der Waals surface area (Å²) in [4.78, 5) is 0. The lowest BCUT2D eigenvalue weighted by atomic mass is 10.1. The van der Waals surface area contributed by atoms with E-state index in [4.69, 9.17) is 0 Å². The molecular weight excluding hydrogens is 267 g/mol. The van der Waals surface area contributed by atoms with Crippen molar-refractivity contribution in [1.82, 2.24) is 9.78 Å². The second kappa shape index (κ2) is 4.85. The molecule has 0 fully saturated rings. The van der Waals surface area contributed by atoms with E-state index >= 15 is 0 Å². The van der Waals surface area contributed by atoms with Crippen molar-refractivity contribution in [3.63, 3.8) is 0 Å². The van der Waals surface area contributed by atoms with Crippen LogP contribution < -0.4 is 5.32 Å². The lowest BCUT2D eigenvalue weighted by Crippen LogP contribution is -2.25. The zero-order valence-electron chi connectivity index (χ0n) is 11.5. The van der Waals surface area contributed by atoms with Crippen LogP contribution in [0, 0.1) is 0 Å². The maximum absolute atomic E-state index is 12.5. The summed E-state index contributed by atoms with van der Waals surface area (Å²) in [5.41, 5.74) is 0.632. The number of benzene rings is 1. The first-order valence-electron chi connectivity index (χ1n) is 6.16. The smallest absolute Gasteiger partial charge is 0.378 e. The molecule has 108 valence electrons. The van der Waals surface area contributed by atoms with Gasteiger partial charge in [-0.2, -0.15) is 18.3 Å². The van der Waals surface area contributed by atoms with Crippen molar-refractivity contribution in [2.45, 2.75) is 32.5 Å². The Labute approximate surface area is 115 Å². The fourth-order valence-electron chi connectivity index (χ4n) is 1.76. The Morgan fingerprint density at radius 1 is 1.05 bits per heavy atom. The Balaban J connectivity index is 2.20. The molecule has 2 aromatic rings. The van der Waals surface area contributed by atoms with E-state index < -0.39 is 11.7 Å². The summed E-state index contributed by atoms with van der Waals surface area (Å²) in [5.74, 6) is 0. The lowest BCUT2D eigenvalue weighted by molar-refractivity contribution is -0.137. The minimum atomic E-state index is -4.32. The van der Waals surface area contributed by atoms with Crippen LogP contribution in [-0.4, -0.2) is 15.3 Å². The number of halogens is 3. The van der Waals surface area contributed by atoms with Gasteiger partial charge in [-0.25, -0.2) is 4.68 Å². The average molecular weight is 283 g/mol. The number of hydrogen-bond acceptors (Lipinski definition) is 2. The normalized spacial score (nSPS) is 12.5. The van der Waals surface area contributed by atoms with Gasteiger partial charge in [-0.05, 0) is 45.0 Å². The Bertz CT molecular complexity index is 577. The number of nitrogens with zero attached hydrogens (tertiary/aromatic N) is 2. The molecule has 0 radical (unpaired) electrons. The monoisotopic (exact) mass is 283 g/mol. The minimum absolute atomic E-state index is 0.103. The minimum Gasteiger partial charge on any atom is -0.378 e. The number of hydrogen-bond donors (Lipinski definition) is 1. The Morgan fingerprint density at radius 2 is 1.65 bits per heavy atom. The van der Waals surface area contributed by atoms with Crippen molar-refractivity contribution in [1.29, 1.82) is 0 Å². The summed E-state index contributed by atoms with van der Waals surface area (Å²) in [5, 5.41) is 7.38. The topological polar surface area (TPSA) is 29.9 Å². The molecule has 0 bridgehead atoms. The van der Waals surface area contributed by atoms with E-state index in [1.807, 2.05) is 20.8 Å². The fourth-order valence-corrected chi connectivity index (χ4v) is 1.76. The van der Waals surface area contributed by atoms with Crippen molar-refractivity contribution in [3.05, 3.63) is 42.2 Å². The highest BCUT2D eigenvalue weighted by molar-refractivity contribution is 5.44. The largest absolute Gasteiger partial charge is 0.416 e. The van der Waals surface area contributed by atoms with Gasteiger partial charge in [0.2, 0.25) is 0 Å². The second-order valence-corrected chi connectivity index (χ2v) is 5.59. The zero-order valence-corrected chi connectivity index (χ0v) is 11.5. The number of aromatic nitrogens is 2. The third kappa shape index (κ3) is 3.53.